The third-order valence-corrected chi connectivity index (χ3v) is 3.39. The number of furan rings is 1. The molecule has 0 aliphatic carbocycles. The normalized spacial score (nSPS) is 10.4. The number of nitrogens with zero attached hydrogens (tertiary/aromatic N) is 4. The Balaban J connectivity index is 1.40. The minimum atomic E-state index is -0.308. The van der Waals surface area contributed by atoms with Gasteiger partial charge in [-0.1, -0.05) is 12.1 Å². The molecule has 0 radical (unpaired) electrons. The van der Waals surface area contributed by atoms with Gasteiger partial charge in [-0.25, -0.2) is 4.68 Å². The largest absolute Gasteiger partial charge is 0.459 e. The zero-order chi connectivity index (χ0) is 17.5. The van der Waals surface area contributed by atoms with Crippen molar-refractivity contribution in [3.8, 4) is 5.69 Å². The highest BCUT2D eigenvalue weighted by Crippen LogP contribution is 2.08. The standard InChI is InChI=1S/C16H16N6O3/c23-15(17-7-8-18-16(24)14-2-1-9-25-14)10-12-3-5-13(6-4-12)22-11-19-20-21-22/h1-6,9,11H,7-8,10H2,(H,17,23)(H,18,24). The maximum atomic E-state index is 11.9. The smallest absolute Gasteiger partial charge is 0.287 e. The Morgan fingerprint density at radius 2 is 1.88 bits per heavy atom. The zero-order valence-corrected chi connectivity index (χ0v) is 13.3. The van der Waals surface area contributed by atoms with Gasteiger partial charge in [-0.3, -0.25) is 9.59 Å². The van der Waals surface area contributed by atoms with E-state index in [1.165, 1.54) is 17.3 Å². The van der Waals surface area contributed by atoms with E-state index in [4.69, 9.17) is 4.42 Å². The van der Waals surface area contributed by atoms with Gasteiger partial charge in [0.1, 0.15) is 6.33 Å². The van der Waals surface area contributed by atoms with Crippen molar-refractivity contribution in [2.24, 2.45) is 0 Å². The van der Waals surface area contributed by atoms with E-state index in [2.05, 4.69) is 26.2 Å². The van der Waals surface area contributed by atoms with Gasteiger partial charge in [0.15, 0.2) is 5.76 Å². The van der Waals surface area contributed by atoms with Gasteiger partial charge in [-0.05, 0) is 40.3 Å². The molecule has 0 spiro atoms. The summed E-state index contributed by atoms with van der Waals surface area (Å²) < 4.78 is 6.51. The van der Waals surface area contributed by atoms with E-state index in [1.807, 2.05) is 24.3 Å². The zero-order valence-electron chi connectivity index (χ0n) is 13.3. The highest BCUT2D eigenvalue weighted by molar-refractivity contribution is 5.91. The number of carbonyl (C=O) groups excluding carboxylic acids is 2. The van der Waals surface area contributed by atoms with Crippen molar-refractivity contribution in [1.82, 2.24) is 30.8 Å². The first kappa shape index (κ1) is 16.4. The van der Waals surface area contributed by atoms with Gasteiger partial charge in [0, 0.05) is 13.1 Å². The molecular weight excluding hydrogens is 324 g/mol. The Hall–Kier alpha value is -3.49. The number of aromatic nitrogens is 4. The summed E-state index contributed by atoms with van der Waals surface area (Å²) >= 11 is 0. The first-order valence-corrected chi connectivity index (χ1v) is 7.63. The molecule has 2 aromatic heterocycles. The van der Waals surface area contributed by atoms with Crippen molar-refractivity contribution in [1.29, 1.82) is 0 Å². The second-order valence-electron chi connectivity index (χ2n) is 5.18. The lowest BCUT2D eigenvalue weighted by Gasteiger charge is -2.07. The molecular formula is C16H16N6O3. The van der Waals surface area contributed by atoms with Crippen LogP contribution in [0.4, 0.5) is 0 Å². The molecule has 3 rings (SSSR count). The van der Waals surface area contributed by atoms with Gasteiger partial charge in [0.2, 0.25) is 5.91 Å². The number of tetrazole rings is 1. The van der Waals surface area contributed by atoms with Crippen molar-refractivity contribution < 1.29 is 14.0 Å². The van der Waals surface area contributed by atoms with Crippen LogP contribution >= 0.6 is 0 Å². The van der Waals surface area contributed by atoms with Gasteiger partial charge in [-0.15, -0.1) is 5.10 Å². The van der Waals surface area contributed by atoms with Gasteiger partial charge in [0.25, 0.3) is 5.91 Å². The fourth-order valence-electron chi connectivity index (χ4n) is 2.17. The maximum absolute atomic E-state index is 11.9. The lowest BCUT2D eigenvalue weighted by Crippen LogP contribution is -2.35. The summed E-state index contributed by atoms with van der Waals surface area (Å²) in [6, 6.07) is 10.6. The average molecular weight is 340 g/mol. The quantitative estimate of drug-likeness (QED) is 0.600. The average Bonchev–Trinajstić information content (AvgIpc) is 3.32. The Labute approximate surface area is 143 Å². The molecule has 3 aromatic rings. The monoisotopic (exact) mass is 340 g/mol. The van der Waals surface area contributed by atoms with Crippen LogP contribution in [0.5, 0.6) is 0 Å². The minimum Gasteiger partial charge on any atom is -0.459 e. The lowest BCUT2D eigenvalue weighted by molar-refractivity contribution is -0.120. The van der Waals surface area contributed by atoms with E-state index in [9.17, 15) is 9.59 Å². The summed E-state index contributed by atoms with van der Waals surface area (Å²) in [5.41, 5.74) is 1.68. The Morgan fingerprint density at radius 3 is 2.56 bits per heavy atom. The molecule has 0 saturated carbocycles. The number of hydrogen-bond donors (Lipinski definition) is 2. The molecule has 0 unspecified atom stereocenters. The maximum Gasteiger partial charge on any atom is 0.287 e. The van der Waals surface area contributed by atoms with E-state index >= 15 is 0 Å². The molecule has 9 heteroatoms. The van der Waals surface area contributed by atoms with Crippen molar-refractivity contribution in [2.45, 2.75) is 6.42 Å². The Morgan fingerprint density at radius 1 is 1.08 bits per heavy atom. The molecule has 0 saturated heterocycles. The predicted octanol–water partition coefficient (Wildman–Crippen LogP) is 0.344. The number of carbonyl (C=O) groups is 2. The van der Waals surface area contributed by atoms with Gasteiger partial charge < -0.3 is 15.1 Å². The Kier molecular flexibility index (Phi) is 5.15. The summed E-state index contributed by atoms with van der Waals surface area (Å²) in [5.74, 6) is -0.186. The molecule has 2 heterocycles. The van der Waals surface area contributed by atoms with Crippen LogP contribution < -0.4 is 10.6 Å². The van der Waals surface area contributed by atoms with Crippen LogP contribution in [-0.4, -0.2) is 45.1 Å². The van der Waals surface area contributed by atoms with Crippen molar-refractivity contribution in [2.75, 3.05) is 13.1 Å². The summed E-state index contributed by atoms with van der Waals surface area (Å²) in [6.07, 6.45) is 3.18. The predicted molar refractivity (Wildman–Crippen MR) is 86.9 cm³/mol. The third-order valence-electron chi connectivity index (χ3n) is 3.39. The number of benzene rings is 1. The fourth-order valence-corrected chi connectivity index (χ4v) is 2.17. The molecule has 9 nitrogen and oxygen atoms in total. The number of amides is 2. The van der Waals surface area contributed by atoms with Crippen LogP contribution in [-0.2, 0) is 11.2 Å². The Bertz CT molecular complexity index is 812. The number of nitrogens with one attached hydrogen (secondary N) is 2. The molecule has 128 valence electrons. The molecule has 0 aliphatic heterocycles. The van der Waals surface area contributed by atoms with E-state index < -0.39 is 0 Å². The van der Waals surface area contributed by atoms with E-state index in [-0.39, 0.29) is 24.0 Å². The van der Waals surface area contributed by atoms with Gasteiger partial charge >= 0.3 is 0 Å². The SMILES string of the molecule is O=C(Cc1ccc(-n2cnnn2)cc1)NCCNC(=O)c1ccco1. The van der Waals surface area contributed by atoms with E-state index in [1.54, 1.807) is 12.1 Å². The molecule has 0 bridgehead atoms. The van der Waals surface area contributed by atoms with E-state index in [0.717, 1.165) is 11.3 Å². The number of hydrogen-bond acceptors (Lipinski definition) is 6. The molecule has 1 aromatic carbocycles. The van der Waals surface area contributed by atoms with Gasteiger partial charge in [0.05, 0.1) is 18.4 Å². The van der Waals surface area contributed by atoms with Gasteiger partial charge in [-0.2, -0.15) is 0 Å². The summed E-state index contributed by atoms with van der Waals surface area (Å²) in [7, 11) is 0. The van der Waals surface area contributed by atoms with Crippen LogP contribution in [0, 0.1) is 0 Å². The summed E-state index contributed by atoms with van der Waals surface area (Å²) in [5, 5.41) is 16.3. The van der Waals surface area contributed by atoms with Crippen LogP contribution in [0.15, 0.2) is 53.4 Å². The fraction of sp³-hybridized carbons (Fsp3) is 0.188. The van der Waals surface area contributed by atoms with Crippen molar-refractivity contribution in [3.63, 3.8) is 0 Å². The van der Waals surface area contributed by atoms with Crippen molar-refractivity contribution in [3.05, 3.63) is 60.3 Å². The first-order chi connectivity index (χ1) is 12.2. The lowest BCUT2D eigenvalue weighted by atomic mass is 10.1. The molecule has 2 amide bonds. The molecule has 25 heavy (non-hydrogen) atoms. The third kappa shape index (κ3) is 4.50. The second-order valence-corrected chi connectivity index (χ2v) is 5.18. The highest BCUT2D eigenvalue weighted by Gasteiger charge is 2.08. The molecule has 0 aliphatic rings. The minimum absolute atomic E-state index is 0.123. The topological polar surface area (TPSA) is 115 Å². The van der Waals surface area contributed by atoms with E-state index in [0.29, 0.717) is 13.1 Å². The molecule has 2 N–H and O–H groups in total. The van der Waals surface area contributed by atoms with Crippen LogP contribution in [0.25, 0.3) is 5.69 Å². The molecule has 0 atom stereocenters. The summed E-state index contributed by atoms with van der Waals surface area (Å²) in [6.45, 7) is 0.664. The molecule has 0 fully saturated rings. The van der Waals surface area contributed by atoms with Crippen LogP contribution in [0.2, 0.25) is 0 Å². The first-order valence-electron chi connectivity index (χ1n) is 7.63. The van der Waals surface area contributed by atoms with Crippen LogP contribution in [0.1, 0.15) is 16.1 Å². The summed E-state index contributed by atoms with van der Waals surface area (Å²) in [4.78, 5) is 23.6. The highest BCUT2D eigenvalue weighted by atomic mass is 16.3. The number of rotatable bonds is 7. The van der Waals surface area contributed by atoms with Crippen molar-refractivity contribution >= 4 is 11.8 Å². The van der Waals surface area contributed by atoms with Crippen LogP contribution in [0.3, 0.4) is 0 Å². The second kappa shape index (κ2) is 7.86.